The van der Waals surface area contributed by atoms with Crippen molar-refractivity contribution in [3.63, 3.8) is 0 Å². The van der Waals surface area contributed by atoms with Gasteiger partial charge in [-0.1, -0.05) is 66.1 Å². The average molecular weight is 335 g/mol. The molecule has 0 radical (unpaired) electrons. The molecule has 0 atom stereocenters. The number of carbonyl (C=O) groups excluding carboxylic acids is 1. The van der Waals surface area contributed by atoms with E-state index in [0.29, 0.717) is 12.3 Å². The number of nitrogens with one attached hydrogen (secondary N) is 1. The van der Waals surface area contributed by atoms with Gasteiger partial charge in [0.2, 0.25) is 11.8 Å². The average Bonchev–Trinajstić information content (AvgIpc) is 3.04. The summed E-state index contributed by atoms with van der Waals surface area (Å²) in [5, 5.41) is 10.5. The number of benzene rings is 2. The second-order valence-corrected chi connectivity index (χ2v) is 6.06. The van der Waals surface area contributed by atoms with Crippen LogP contribution in [0.1, 0.15) is 35.1 Å². The van der Waals surface area contributed by atoms with Crippen molar-refractivity contribution < 1.29 is 9.21 Å². The Morgan fingerprint density at radius 2 is 1.60 bits per heavy atom. The zero-order valence-corrected chi connectivity index (χ0v) is 14.5. The van der Waals surface area contributed by atoms with E-state index >= 15 is 0 Å². The first kappa shape index (κ1) is 16.9. The number of anilines is 1. The number of amides is 1. The minimum Gasteiger partial charge on any atom is -0.407 e. The summed E-state index contributed by atoms with van der Waals surface area (Å²) in [7, 11) is 0. The molecule has 2 aromatic carbocycles. The van der Waals surface area contributed by atoms with Gasteiger partial charge < -0.3 is 4.42 Å². The first-order valence-corrected chi connectivity index (χ1v) is 8.38. The summed E-state index contributed by atoms with van der Waals surface area (Å²) in [5.41, 5.74) is 4.49. The SMILES string of the molecule is CCc1ccc(Cc2nnc(NC(=O)Cc3ccc(C)cc3)o2)cc1. The molecule has 1 amide bonds. The van der Waals surface area contributed by atoms with Crippen molar-refractivity contribution in [3.8, 4) is 0 Å². The van der Waals surface area contributed by atoms with Crippen LogP contribution in [0.4, 0.5) is 6.01 Å². The van der Waals surface area contributed by atoms with E-state index in [0.717, 1.165) is 23.1 Å². The molecule has 128 valence electrons. The van der Waals surface area contributed by atoms with Gasteiger partial charge in [0.25, 0.3) is 0 Å². The lowest BCUT2D eigenvalue weighted by atomic mass is 10.1. The molecule has 0 aliphatic heterocycles. The number of carbonyl (C=O) groups is 1. The van der Waals surface area contributed by atoms with Gasteiger partial charge in [-0.05, 0) is 30.0 Å². The van der Waals surface area contributed by atoms with E-state index in [2.05, 4.69) is 46.7 Å². The van der Waals surface area contributed by atoms with E-state index in [1.807, 2.05) is 31.2 Å². The molecule has 1 N–H and O–H groups in total. The Morgan fingerprint density at radius 3 is 2.28 bits per heavy atom. The fourth-order valence-electron chi connectivity index (χ4n) is 2.50. The molecule has 25 heavy (non-hydrogen) atoms. The molecule has 1 aromatic heterocycles. The monoisotopic (exact) mass is 335 g/mol. The molecule has 0 aliphatic carbocycles. The van der Waals surface area contributed by atoms with Crippen molar-refractivity contribution in [1.82, 2.24) is 10.2 Å². The van der Waals surface area contributed by atoms with Crippen LogP contribution in [0, 0.1) is 6.92 Å². The van der Waals surface area contributed by atoms with Gasteiger partial charge in [-0.25, -0.2) is 0 Å². The van der Waals surface area contributed by atoms with E-state index in [-0.39, 0.29) is 18.3 Å². The third-order valence-corrected chi connectivity index (χ3v) is 3.99. The summed E-state index contributed by atoms with van der Waals surface area (Å²) in [4.78, 5) is 12.1. The van der Waals surface area contributed by atoms with E-state index in [1.54, 1.807) is 0 Å². The summed E-state index contributed by atoms with van der Waals surface area (Å²) in [6, 6.07) is 16.3. The lowest BCUT2D eigenvalue weighted by molar-refractivity contribution is -0.115. The fraction of sp³-hybridized carbons (Fsp3) is 0.250. The molecule has 3 rings (SSSR count). The minimum absolute atomic E-state index is 0.136. The zero-order chi connectivity index (χ0) is 17.6. The van der Waals surface area contributed by atoms with Crippen LogP contribution in [-0.4, -0.2) is 16.1 Å². The van der Waals surface area contributed by atoms with Gasteiger partial charge in [-0.3, -0.25) is 10.1 Å². The Kier molecular flexibility index (Phi) is 5.23. The summed E-state index contributed by atoms with van der Waals surface area (Å²) in [6.07, 6.45) is 1.83. The van der Waals surface area contributed by atoms with Crippen molar-refractivity contribution in [3.05, 3.63) is 76.7 Å². The van der Waals surface area contributed by atoms with Gasteiger partial charge in [0.15, 0.2) is 0 Å². The largest absolute Gasteiger partial charge is 0.407 e. The molecule has 0 aliphatic rings. The molecular formula is C20H21N3O2. The lowest BCUT2D eigenvalue weighted by Crippen LogP contribution is -2.14. The summed E-state index contributed by atoms with van der Waals surface area (Å²) >= 11 is 0. The number of aryl methyl sites for hydroxylation is 2. The number of hydrogen-bond acceptors (Lipinski definition) is 4. The smallest absolute Gasteiger partial charge is 0.322 e. The standard InChI is InChI=1S/C20H21N3O2/c1-3-15-8-10-17(11-9-15)13-19-22-23-20(25-19)21-18(24)12-16-6-4-14(2)5-7-16/h4-11H,3,12-13H2,1-2H3,(H,21,23,24). The van der Waals surface area contributed by atoms with Gasteiger partial charge >= 0.3 is 6.01 Å². The molecular weight excluding hydrogens is 314 g/mol. The van der Waals surface area contributed by atoms with Crippen LogP contribution in [0.5, 0.6) is 0 Å². The number of nitrogens with zero attached hydrogens (tertiary/aromatic N) is 2. The van der Waals surface area contributed by atoms with Crippen molar-refractivity contribution >= 4 is 11.9 Å². The Bertz CT molecular complexity index is 836. The maximum atomic E-state index is 12.1. The van der Waals surface area contributed by atoms with Gasteiger partial charge in [0.05, 0.1) is 12.8 Å². The van der Waals surface area contributed by atoms with Crippen LogP contribution >= 0.6 is 0 Å². The van der Waals surface area contributed by atoms with Crippen molar-refractivity contribution in [2.24, 2.45) is 0 Å². The molecule has 0 unspecified atom stereocenters. The van der Waals surface area contributed by atoms with Gasteiger partial charge in [-0.15, -0.1) is 5.10 Å². The molecule has 5 heteroatoms. The number of rotatable bonds is 6. The van der Waals surface area contributed by atoms with Crippen LogP contribution in [0.2, 0.25) is 0 Å². The lowest BCUT2D eigenvalue weighted by Gasteiger charge is -2.02. The molecule has 5 nitrogen and oxygen atoms in total. The second-order valence-electron chi connectivity index (χ2n) is 6.06. The summed E-state index contributed by atoms with van der Waals surface area (Å²) in [5.74, 6) is 0.307. The molecule has 0 saturated heterocycles. The Morgan fingerprint density at radius 1 is 0.960 bits per heavy atom. The highest BCUT2D eigenvalue weighted by molar-refractivity contribution is 5.90. The van der Waals surface area contributed by atoms with E-state index in [4.69, 9.17) is 4.42 Å². The van der Waals surface area contributed by atoms with E-state index in [1.165, 1.54) is 5.56 Å². The van der Waals surface area contributed by atoms with Crippen LogP contribution < -0.4 is 5.32 Å². The molecule has 0 fully saturated rings. The van der Waals surface area contributed by atoms with E-state index < -0.39 is 0 Å². The van der Waals surface area contributed by atoms with Crippen molar-refractivity contribution in [2.75, 3.05) is 5.32 Å². The highest BCUT2D eigenvalue weighted by Crippen LogP contribution is 2.13. The predicted molar refractivity (Wildman–Crippen MR) is 96.4 cm³/mol. The fourth-order valence-corrected chi connectivity index (χ4v) is 2.50. The highest BCUT2D eigenvalue weighted by Gasteiger charge is 2.11. The molecule has 3 aromatic rings. The maximum absolute atomic E-state index is 12.1. The first-order valence-electron chi connectivity index (χ1n) is 8.38. The highest BCUT2D eigenvalue weighted by atomic mass is 16.4. The minimum atomic E-state index is -0.175. The summed E-state index contributed by atoms with van der Waals surface area (Å²) in [6.45, 7) is 4.14. The van der Waals surface area contributed by atoms with Crippen LogP contribution in [0.15, 0.2) is 52.9 Å². The number of hydrogen-bond donors (Lipinski definition) is 1. The maximum Gasteiger partial charge on any atom is 0.322 e. The van der Waals surface area contributed by atoms with Gasteiger partial charge in [0.1, 0.15) is 0 Å². The summed E-state index contributed by atoms with van der Waals surface area (Å²) < 4.78 is 5.52. The molecule has 0 saturated carbocycles. The van der Waals surface area contributed by atoms with Crippen LogP contribution in [0.25, 0.3) is 0 Å². The molecule has 0 spiro atoms. The zero-order valence-electron chi connectivity index (χ0n) is 14.5. The first-order chi connectivity index (χ1) is 12.1. The Balaban J connectivity index is 1.57. The molecule has 1 heterocycles. The van der Waals surface area contributed by atoms with E-state index in [9.17, 15) is 4.79 Å². The van der Waals surface area contributed by atoms with Crippen LogP contribution in [-0.2, 0) is 24.1 Å². The third kappa shape index (κ3) is 4.76. The normalized spacial score (nSPS) is 10.6. The topological polar surface area (TPSA) is 68.0 Å². The predicted octanol–water partition coefficient (Wildman–Crippen LogP) is 3.71. The number of aromatic nitrogens is 2. The Labute approximate surface area is 147 Å². The second kappa shape index (κ2) is 7.75. The van der Waals surface area contributed by atoms with Gasteiger partial charge in [0, 0.05) is 0 Å². The van der Waals surface area contributed by atoms with Crippen molar-refractivity contribution in [1.29, 1.82) is 0 Å². The molecule has 0 bridgehead atoms. The van der Waals surface area contributed by atoms with Crippen molar-refractivity contribution in [2.45, 2.75) is 33.1 Å². The quantitative estimate of drug-likeness (QED) is 0.745. The van der Waals surface area contributed by atoms with Crippen LogP contribution in [0.3, 0.4) is 0 Å². The van der Waals surface area contributed by atoms with Gasteiger partial charge in [-0.2, -0.15) is 0 Å². The third-order valence-electron chi connectivity index (χ3n) is 3.99. The Hall–Kier alpha value is -2.95.